The fourth-order valence-corrected chi connectivity index (χ4v) is 6.89. The predicted octanol–water partition coefficient (Wildman–Crippen LogP) is 2.36. The number of ether oxygens (including phenoxy) is 5. The van der Waals surface area contributed by atoms with Crippen LogP contribution in [0.1, 0.15) is 88.7 Å². The highest BCUT2D eigenvalue weighted by molar-refractivity contribution is 5.92. The zero-order chi connectivity index (χ0) is 52.6. The smallest absolute Gasteiger partial charge is 0.326 e. The molecule has 2 aromatic carbocycles. The van der Waals surface area contributed by atoms with Crippen molar-refractivity contribution in [1.29, 1.82) is 0 Å². The van der Waals surface area contributed by atoms with E-state index in [-0.39, 0.29) is 44.7 Å². The zero-order valence-corrected chi connectivity index (χ0v) is 41.4. The summed E-state index contributed by atoms with van der Waals surface area (Å²) in [6.07, 6.45) is 3.07. The molecule has 0 heterocycles. The third-order valence-corrected chi connectivity index (χ3v) is 10.8. The van der Waals surface area contributed by atoms with E-state index in [0.29, 0.717) is 98.1 Å². The van der Waals surface area contributed by atoms with Crippen LogP contribution in [0.3, 0.4) is 0 Å². The average Bonchev–Trinajstić information content (AvgIpc) is 3.36. The number of urea groups is 1. The normalized spacial score (nSPS) is 12.6. The lowest BCUT2D eigenvalue weighted by Crippen LogP contribution is -2.54. The molecule has 4 atom stereocenters. The molecule has 0 aliphatic rings. The first-order valence-corrected chi connectivity index (χ1v) is 24.6. The van der Waals surface area contributed by atoms with Crippen molar-refractivity contribution in [3.8, 4) is 0 Å². The number of nitrogens with one attached hydrogen (secondary N) is 6. The van der Waals surface area contributed by atoms with Gasteiger partial charge in [-0.2, -0.15) is 0 Å². The van der Waals surface area contributed by atoms with E-state index in [1.165, 1.54) is 0 Å². The Morgan fingerprint density at radius 3 is 1.53 bits per heavy atom. The molecule has 0 aromatic heterocycles. The first kappa shape index (κ1) is 61.9. The standard InChI is InChI=1S/C50H76N6O16/c1-2-68-28-29-70-32-33-72-35-34-71-31-30-69-27-26-52-46(61)42(36-38-16-10-7-11-17-38)54-47(62)39(20-19-37-14-8-6-9-15-37)53-44(58)18-12-4-3-5-13-25-51-43(57)23-21-40(48(63)64)55-50(67)56-41(49(65)66)22-24-45(59)60/h6-11,14-17,39-42H,2-5,12-13,18-36H2,1H3,(H,51,57)(H,52,61)(H,53,58)(H,54,62)(H,59,60)(H,63,64)(H,65,66)(H2,55,56,67)/t39-,40-,41-,42-/m0/s1. The Morgan fingerprint density at radius 2 is 0.972 bits per heavy atom. The number of amides is 6. The van der Waals surface area contributed by atoms with Gasteiger partial charge in [-0.3, -0.25) is 24.0 Å². The number of carboxylic acid groups (broad SMARTS) is 3. The summed E-state index contributed by atoms with van der Waals surface area (Å²) in [5, 5.41) is 43.0. The van der Waals surface area contributed by atoms with Gasteiger partial charge in [-0.1, -0.05) is 79.9 Å². The number of aryl methyl sites for hydroxylation is 1. The van der Waals surface area contributed by atoms with Crippen LogP contribution < -0.4 is 31.9 Å². The summed E-state index contributed by atoms with van der Waals surface area (Å²) >= 11 is 0. The van der Waals surface area contributed by atoms with Gasteiger partial charge in [0, 0.05) is 45.4 Å². The van der Waals surface area contributed by atoms with Crippen LogP contribution in [0.25, 0.3) is 0 Å². The summed E-state index contributed by atoms with van der Waals surface area (Å²) < 4.78 is 27.2. The van der Waals surface area contributed by atoms with Crippen molar-refractivity contribution in [2.75, 3.05) is 79.2 Å². The van der Waals surface area contributed by atoms with Gasteiger partial charge in [0.05, 0.1) is 59.5 Å². The van der Waals surface area contributed by atoms with Gasteiger partial charge in [-0.15, -0.1) is 0 Å². The lowest BCUT2D eigenvalue weighted by Gasteiger charge is -2.23. The van der Waals surface area contributed by atoms with Crippen molar-refractivity contribution in [3.63, 3.8) is 0 Å². The van der Waals surface area contributed by atoms with Gasteiger partial charge in [0.15, 0.2) is 0 Å². The van der Waals surface area contributed by atoms with Gasteiger partial charge in [-0.05, 0) is 56.6 Å². The highest BCUT2D eigenvalue weighted by Gasteiger charge is 2.28. The Bertz CT molecular complexity index is 1880. The molecule has 0 spiro atoms. The van der Waals surface area contributed by atoms with Crippen LogP contribution in [-0.4, -0.2) is 166 Å². The van der Waals surface area contributed by atoms with Crippen molar-refractivity contribution >= 4 is 47.6 Å². The fourth-order valence-electron chi connectivity index (χ4n) is 6.89. The van der Waals surface area contributed by atoms with Gasteiger partial charge in [-0.25, -0.2) is 14.4 Å². The van der Waals surface area contributed by atoms with Crippen molar-refractivity contribution in [2.24, 2.45) is 0 Å². The third kappa shape index (κ3) is 31.2. The maximum Gasteiger partial charge on any atom is 0.326 e. The minimum atomic E-state index is -1.55. The van der Waals surface area contributed by atoms with E-state index in [2.05, 4.69) is 26.6 Å². The van der Waals surface area contributed by atoms with Crippen LogP contribution in [0.5, 0.6) is 0 Å². The topological polar surface area (TPSA) is 316 Å². The maximum absolute atomic E-state index is 13.9. The monoisotopic (exact) mass is 1020 g/mol. The van der Waals surface area contributed by atoms with Crippen molar-refractivity contribution < 1.29 is 77.4 Å². The van der Waals surface area contributed by atoms with E-state index in [1.54, 1.807) is 0 Å². The third-order valence-electron chi connectivity index (χ3n) is 10.8. The summed E-state index contributed by atoms with van der Waals surface area (Å²) in [6, 6.07) is 12.8. The Kier molecular flexibility index (Phi) is 33.9. The molecule has 72 heavy (non-hydrogen) atoms. The Hall–Kier alpha value is -6.20. The lowest BCUT2D eigenvalue weighted by molar-refractivity contribution is -0.141. The number of carboxylic acids is 3. The molecule has 22 nitrogen and oxygen atoms in total. The number of carbonyl (C=O) groups is 8. The number of benzene rings is 2. The molecule has 6 amide bonds. The summed E-state index contributed by atoms with van der Waals surface area (Å²) in [7, 11) is 0. The van der Waals surface area contributed by atoms with Crippen LogP contribution >= 0.6 is 0 Å². The van der Waals surface area contributed by atoms with Gasteiger partial charge >= 0.3 is 23.9 Å². The number of rotatable bonds is 43. The van der Waals surface area contributed by atoms with E-state index in [1.807, 2.05) is 72.9 Å². The van der Waals surface area contributed by atoms with E-state index >= 15 is 0 Å². The van der Waals surface area contributed by atoms with Gasteiger partial charge in [0.25, 0.3) is 0 Å². The molecule has 0 saturated carbocycles. The van der Waals surface area contributed by atoms with Crippen LogP contribution in [-0.2, 0) is 70.1 Å². The predicted molar refractivity (Wildman–Crippen MR) is 263 cm³/mol. The van der Waals surface area contributed by atoms with Crippen LogP contribution in [0.15, 0.2) is 60.7 Å². The highest BCUT2D eigenvalue weighted by atomic mass is 16.6. The fraction of sp³-hybridized carbons (Fsp3) is 0.600. The number of aliphatic carboxylic acids is 3. The van der Waals surface area contributed by atoms with Gasteiger partial charge < -0.3 is 70.9 Å². The molecular weight excluding hydrogens is 941 g/mol. The summed E-state index contributed by atoms with van der Waals surface area (Å²) in [4.78, 5) is 99.1. The van der Waals surface area contributed by atoms with Crippen LogP contribution in [0.2, 0.25) is 0 Å². The quantitative estimate of drug-likeness (QED) is 0.0431. The number of carbonyl (C=O) groups excluding carboxylic acids is 5. The van der Waals surface area contributed by atoms with E-state index in [9.17, 15) is 48.6 Å². The second-order valence-corrected chi connectivity index (χ2v) is 16.6. The molecule has 402 valence electrons. The molecule has 22 heteroatoms. The molecule has 0 aliphatic carbocycles. The van der Waals surface area contributed by atoms with Crippen molar-refractivity contribution in [3.05, 3.63) is 71.8 Å². The average molecular weight is 1020 g/mol. The maximum atomic E-state index is 13.9. The minimum Gasteiger partial charge on any atom is -0.481 e. The molecule has 0 unspecified atom stereocenters. The number of hydrogen-bond acceptors (Lipinski definition) is 13. The largest absolute Gasteiger partial charge is 0.481 e. The van der Waals surface area contributed by atoms with Crippen LogP contribution in [0.4, 0.5) is 4.79 Å². The first-order valence-electron chi connectivity index (χ1n) is 24.6. The van der Waals surface area contributed by atoms with Gasteiger partial charge in [0.2, 0.25) is 23.6 Å². The Morgan fingerprint density at radius 1 is 0.458 bits per heavy atom. The van der Waals surface area contributed by atoms with E-state index in [4.69, 9.17) is 28.8 Å². The summed E-state index contributed by atoms with van der Waals surface area (Å²) in [6.45, 7) is 6.84. The van der Waals surface area contributed by atoms with Gasteiger partial charge in [0.1, 0.15) is 24.2 Å². The Labute approximate surface area is 421 Å². The molecule has 9 N–H and O–H groups in total. The Balaban J connectivity index is 1.78. The van der Waals surface area contributed by atoms with Crippen molar-refractivity contribution in [1.82, 2.24) is 31.9 Å². The molecule has 0 bridgehead atoms. The molecule has 0 radical (unpaired) electrons. The van der Waals surface area contributed by atoms with Crippen molar-refractivity contribution in [2.45, 2.75) is 115 Å². The highest BCUT2D eigenvalue weighted by Crippen LogP contribution is 2.11. The molecule has 0 fully saturated rings. The second-order valence-electron chi connectivity index (χ2n) is 16.6. The summed E-state index contributed by atoms with van der Waals surface area (Å²) in [5.41, 5.74) is 1.82. The molecule has 0 saturated heterocycles. The molecular formula is C50H76N6O16. The van der Waals surface area contributed by atoms with E-state index < -0.39 is 78.7 Å². The summed E-state index contributed by atoms with van der Waals surface area (Å²) in [5.74, 6) is -5.82. The molecule has 2 aromatic rings. The number of unbranched alkanes of at least 4 members (excludes halogenated alkanes) is 4. The first-order chi connectivity index (χ1) is 34.8. The second kappa shape index (κ2) is 39.4. The molecule has 0 aliphatic heterocycles. The zero-order valence-electron chi connectivity index (χ0n) is 41.4. The lowest BCUT2D eigenvalue weighted by atomic mass is 10.0. The number of hydrogen-bond donors (Lipinski definition) is 9. The minimum absolute atomic E-state index is 0.167. The SMILES string of the molecule is CCOCCOCCOCCOCCOCCNC(=O)[C@H](Cc1ccccc1)NC(=O)[C@H](CCc1ccccc1)NC(=O)CCCCCCCNC(=O)CC[C@H](NC(=O)N[C@@H](CCC(=O)O)C(=O)O)C(=O)O. The molecule has 2 rings (SSSR count). The van der Waals surface area contributed by atoms with Crippen LogP contribution in [0, 0.1) is 0 Å². The van der Waals surface area contributed by atoms with E-state index in [0.717, 1.165) is 24.0 Å².